The third kappa shape index (κ3) is 9.38. The molecule has 4 nitrogen and oxygen atoms in total. The predicted octanol–water partition coefficient (Wildman–Crippen LogP) is 3.83. The molecule has 2 rings (SSSR count). The van der Waals surface area contributed by atoms with E-state index in [2.05, 4.69) is 12.1 Å². The van der Waals surface area contributed by atoms with Crippen LogP contribution < -0.4 is 0 Å². The Kier molecular flexibility index (Phi) is 10.8. The molecular weight excluding hydrogens is 304 g/mol. The van der Waals surface area contributed by atoms with Crippen molar-refractivity contribution in [3.05, 3.63) is 35.9 Å². The SMILES string of the molecule is c1ccc(COCCOCCOCCOCC2CCCCC2)cc1. The molecule has 1 aliphatic carbocycles. The van der Waals surface area contributed by atoms with Gasteiger partial charge in [-0.1, -0.05) is 49.6 Å². The molecule has 1 saturated carbocycles. The Morgan fingerprint density at radius 1 is 0.667 bits per heavy atom. The van der Waals surface area contributed by atoms with E-state index in [1.165, 1.54) is 37.7 Å². The summed E-state index contributed by atoms with van der Waals surface area (Å²) in [5.74, 6) is 0.776. The third-order valence-corrected chi connectivity index (χ3v) is 4.31. The molecular formula is C20H32O4. The highest BCUT2D eigenvalue weighted by atomic mass is 16.6. The second kappa shape index (κ2) is 13.4. The predicted molar refractivity (Wildman–Crippen MR) is 95.1 cm³/mol. The first-order valence-electron chi connectivity index (χ1n) is 9.30. The van der Waals surface area contributed by atoms with E-state index >= 15 is 0 Å². The summed E-state index contributed by atoms with van der Waals surface area (Å²) in [6, 6.07) is 10.2. The molecule has 0 saturated heterocycles. The van der Waals surface area contributed by atoms with Crippen LogP contribution in [0.4, 0.5) is 0 Å². The highest BCUT2D eigenvalue weighted by molar-refractivity contribution is 5.13. The standard InChI is InChI=1S/C20H32O4/c1-3-7-19(8-4-1)17-23-15-13-21-11-12-22-14-16-24-18-20-9-5-2-6-10-20/h1,3-4,7-8,20H,2,5-6,9-18H2. The first kappa shape index (κ1) is 19.4. The van der Waals surface area contributed by atoms with Gasteiger partial charge in [0.25, 0.3) is 0 Å². The van der Waals surface area contributed by atoms with Crippen molar-refractivity contribution >= 4 is 0 Å². The van der Waals surface area contributed by atoms with Crippen molar-refractivity contribution in [2.24, 2.45) is 5.92 Å². The van der Waals surface area contributed by atoms with Gasteiger partial charge in [-0.3, -0.25) is 0 Å². The summed E-state index contributed by atoms with van der Waals surface area (Å²) >= 11 is 0. The normalized spacial score (nSPS) is 15.7. The third-order valence-electron chi connectivity index (χ3n) is 4.31. The van der Waals surface area contributed by atoms with Gasteiger partial charge in [0.1, 0.15) is 0 Å². The van der Waals surface area contributed by atoms with Gasteiger partial charge in [-0.25, -0.2) is 0 Å². The zero-order chi connectivity index (χ0) is 16.7. The van der Waals surface area contributed by atoms with Crippen LogP contribution in [0.1, 0.15) is 37.7 Å². The number of rotatable bonds is 13. The van der Waals surface area contributed by atoms with Gasteiger partial charge in [0.05, 0.1) is 46.2 Å². The second-order valence-corrected chi connectivity index (χ2v) is 6.34. The molecule has 1 fully saturated rings. The molecule has 0 heterocycles. The lowest BCUT2D eigenvalue weighted by Gasteiger charge is -2.21. The molecule has 4 heteroatoms. The van der Waals surface area contributed by atoms with Crippen LogP contribution in [0, 0.1) is 5.92 Å². The lowest BCUT2D eigenvalue weighted by atomic mass is 9.90. The highest BCUT2D eigenvalue weighted by Gasteiger charge is 2.12. The van der Waals surface area contributed by atoms with Crippen LogP contribution in [-0.4, -0.2) is 46.2 Å². The summed E-state index contributed by atoms with van der Waals surface area (Å²) in [6.07, 6.45) is 6.81. The van der Waals surface area contributed by atoms with E-state index in [1.54, 1.807) is 0 Å². The van der Waals surface area contributed by atoms with Crippen LogP contribution in [0.5, 0.6) is 0 Å². The summed E-state index contributed by atoms with van der Waals surface area (Å²) in [5.41, 5.74) is 1.19. The summed E-state index contributed by atoms with van der Waals surface area (Å²) in [6.45, 7) is 5.32. The Morgan fingerprint density at radius 2 is 1.25 bits per heavy atom. The zero-order valence-corrected chi connectivity index (χ0v) is 14.8. The van der Waals surface area contributed by atoms with E-state index in [4.69, 9.17) is 18.9 Å². The summed E-state index contributed by atoms with van der Waals surface area (Å²) < 4.78 is 22.2. The quantitative estimate of drug-likeness (QED) is 0.513. The Morgan fingerprint density at radius 3 is 1.92 bits per heavy atom. The minimum Gasteiger partial charge on any atom is -0.379 e. The average molecular weight is 336 g/mol. The number of hydrogen-bond donors (Lipinski definition) is 0. The minimum atomic E-state index is 0.606. The molecule has 0 N–H and O–H groups in total. The molecule has 0 spiro atoms. The molecule has 1 aromatic carbocycles. The van der Waals surface area contributed by atoms with Crippen molar-refractivity contribution in [1.29, 1.82) is 0 Å². The molecule has 24 heavy (non-hydrogen) atoms. The van der Waals surface area contributed by atoms with Gasteiger partial charge in [-0.2, -0.15) is 0 Å². The summed E-state index contributed by atoms with van der Waals surface area (Å²) in [4.78, 5) is 0. The van der Waals surface area contributed by atoms with Crippen LogP contribution in [0.15, 0.2) is 30.3 Å². The summed E-state index contributed by atoms with van der Waals surface area (Å²) in [5, 5.41) is 0. The minimum absolute atomic E-state index is 0.606. The fourth-order valence-electron chi connectivity index (χ4n) is 2.93. The van der Waals surface area contributed by atoms with Gasteiger partial charge in [-0.05, 0) is 24.3 Å². The van der Waals surface area contributed by atoms with E-state index in [1.807, 2.05) is 18.2 Å². The maximum Gasteiger partial charge on any atom is 0.0718 e. The Hall–Kier alpha value is -0.940. The molecule has 136 valence electrons. The molecule has 0 aliphatic heterocycles. The van der Waals surface area contributed by atoms with Gasteiger partial charge < -0.3 is 18.9 Å². The number of benzene rings is 1. The van der Waals surface area contributed by atoms with Crippen molar-refractivity contribution in [2.75, 3.05) is 46.2 Å². The second-order valence-electron chi connectivity index (χ2n) is 6.34. The van der Waals surface area contributed by atoms with Crippen LogP contribution in [0.2, 0.25) is 0 Å². The lowest BCUT2D eigenvalue weighted by molar-refractivity contribution is -0.00934. The lowest BCUT2D eigenvalue weighted by Crippen LogP contribution is -2.16. The van der Waals surface area contributed by atoms with E-state index in [-0.39, 0.29) is 0 Å². The molecule has 0 radical (unpaired) electrons. The van der Waals surface area contributed by atoms with Crippen molar-refractivity contribution in [3.63, 3.8) is 0 Å². The zero-order valence-electron chi connectivity index (χ0n) is 14.8. The van der Waals surface area contributed by atoms with Gasteiger partial charge in [0, 0.05) is 6.61 Å². The molecule has 0 atom stereocenters. The molecule has 0 amide bonds. The topological polar surface area (TPSA) is 36.9 Å². The maximum atomic E-state index is 5.69. The Balaban J connectivity index is 1.28. The monoisotopic (exact) mass is 336 g/mol. The fraction of sp³-hybridized carbons (Fsp3) is 0.700. The van der Waals surface area contributed by atoms with Crippen molar-refractivity contribution in [1.82, 2.24) is 0 Å². The van der Waals surface area contributed by atoms with Gasteiger partial charge in [0.15, 0.2) is 0 Å². The van der Waals surface area contributed by atoms with E-state index in [9.17, 15) is 0 Å². The smallest absolute Gasteiger partial charge is 0.0718 e. The average Bonchev–Trinajstić information content (AvgIpc) is 2.64. The molecule has 0 unspecified atom stereocenters. The first-order chi connectivity index (χ1) is 11.9. The highest BCUT2D eigenvalue weighted by Crippen LogP contribution is 2.23. The van der Waals surface area contributed by atoms with E-state index in [0.29, 0.717) is 46.2 Å². The van der Waals surface area contributed by atoms with E-state index in [0.717, 1.165) is 12.5 Å². The van der Waals surface area contributed by atoms with Gasteiger partial charge >= 0.3 is 0 Å². The van der Waals surface area contributed by atoms with Crippen molar-refractivity contribution in [2.45, 2.75) is 38.7 Å². The van der Waals surface area contributed by atoms with Gasteiger partial charge in [0.2, 0.25) is 0 Å². The largest absolute Gasteiger partial charge is 0.379 e. The maximum absolute atomic E-state index is 5.69. The fourth-order valence-corrected chi connectivity index (χ4v) is 2.93. The van der Waals surface area contributed by atoms with Crippen LogP contribution in [-0.2, 0) is 25.6 Å². The van der Waals surface area contributed by atoms with Gasteiger partial charge in [-0.15, -0.1) is 0 Å². The van der Waals surface area contributed by atoms with Crippen LogP contribution in [0.3, 0.4) is 0 Å². The number of hydrogen-bond acceptors (Lipinski definition) is 4. The number of ether oxygens (including phenoxy) is 4. The summed E-state index contributed by atoms with van der Waals surface area (Å²) in [7, 11) is 0. The van der Waals surface area contributed by atoms with E-state index < -0.39 is 0 Å². The molecule has 1 aliphatic rings. The van der Waals surface area contributed by atoms with Crippen molar-refractivity contribution in [3.8, 4) is 0 Å². The first-order valence-corrected chi connectivity index (χ1v) is 9.30. The van der Waals surface area contributed by atoms with Crippen molar-refractivity contribution < 1.29 is 18.9 Å². The molecule has 0 aromatic heterocycles. The Labute approximate surface area is 146 Å². The van der Waals surface area contributed by atoms with Crippen LogP contribution >= 0.6 is 0 Å². The Bertz CT molecular complexity index is 390. The van der Waals surface area contributed by atoms with Crippen LogP contribution in [0.25, 0.3) is 0 Å². The molecule has 1 aromatic rings. The molecule has 0 bridgehead atoms.